The molecular weight excluding hydrogens is 350 g/mol. The minimum absolute atomic E-state index is 0.0312. The van der Waals surface area contributed by atoms with Crippen LogP contribution in [-0.2, 0) is 4.57 Å². The van der Waals surface area contributed by atoms with Crippen molar-refractivity contribution in [3.63, 3.8) is 0 Å². The van der Waals surface area contributed by atoms with Crippen LogP contribution in [-0.4, -0.2) is 40.6 Å². The molecule has 25 heavy (non-hydrogen) atoms. The molecule has 0 fully saturated rings. The summed E-state index contributed by atoms with van der Waals surface area (Å²) in [6.45, 7) is 11.3. The van der Waals surface area contributed by atoms with Crippen molar-refractivity contribution in [3.8, 4) is 0 Å². The summed E-state index contributed by atoms with van der Waals surface area (Å²) < 4.78 is 10.1. The van der Waals surface area contributed by atoms with Crippen molar-refractivity contribution in [2.45, 2.75) is 98.8 Å². The number of rotatable bonds is 15. The van der Waals surface area contributed by atoms with Gasteiger partial charge in [-0.2, -0.15) is 0 Å². The van der Waals surface area contributed by atoms with Crippen LogP contribution in [0.5, 0.6) is 0 Å². The number of unbranched alkanes of at least 4 members (excludes halogenated alkanes) is 5. The molecule has 0 aliphatic carbocycles. The Morgan fingerprint density at radius 3 is 1.04 bits per heavy atom. The lowest BCUT2D eigenvalue weighted by Crippen LogP contribution is -2.12. The van der Waals surface area contributed by atoms with E-state index in [-0.39, 0.29) is 6.16 Å². The van der Waals surface area contributed by atoms with Gasteiger partial charge in [-0.3, -0.25) is 4.57 Å². The van der Waals surface area contributed by atoms with E-state index in [4.69, 9.17) is 9.79 Å². The van der Waals surface area contributed by atoms with Crippen molar-refractivity contribution < 1.29 is 14.4 Å². The monoisotopic (exact) mass is 397 g/mol. The van der Waals surface area contributed by atoms with Crippen LogP contribution in [0.25, 0.3) is 0 Å². The van der Waals surface area contributed by atoms with Crippen LogP contribution in [0.4, 0.5) is 0 Å². The van der Waals surface area contributed by atoms with E-state index in [9.17, 15) is 4.57 Å². The van der Waals surface area contributed by atoms with E-state index in [1.807, 2.05) is 6.92 Å². The molecule has 0 heterocycles. The zero-order valence-corrected chi connectivity index (χ0v) is 19.6. The van der Waals surface area contributed by atoms with E-state index in [2.05, 4.69) is 27.7 Å². The highest BCUT2D eigenvalue weighted by Crippen LogP contribution is 2.61. The second kappa shape index (κ2) is 18.0. The Bertz CT molecular complexity index is 279. The Labute approximate surface area is 159 Å². The van der Waals surface area contributed by atoms with E-state index in [0.29, 0.717) is 6.42 Å². The molecule has 0 spiro atoms. The Morgan fingerprint density at radius 2 is 0.880 bits per heavy atom. The first-order chi connectivity index (χ1) is 11.8. The van der Waals surface area contributed by atoms with Crippen molar-refractivity contribution in [2.75, 3.05) is 30.8 Å². The second-order valence-electron chi connectivity index (χ2n) is 7.39. The summed E-state index contributed by atoms with van der Waals surface area (Å²) in [5.41, 5.74) is 0. The van der Waals surface area contributed by atoms with Gasteiger partial charge in [0.25, 0.3) is 0 Å². The molecule has 0 saturated heterocycles. The molecule has 0 unspecified atom stereocenters. The van der Waals surface area contributed by atoms with Gasteiger partial charge in [0.15, 0.2) is 0 Å². The van der Waals surface area contributed by atoms with Crippen LogP contribution in [0, 0.1) is 0 Å². The van der Waals surface area contributed by atoms with Crippen molar-refractivity contribution in [1.82, 2.24) is 0 Å². The summed E-state index contributed by atoms with van der Waals surface area (Å²) in [4.78, 5) is 16.5. The number of hydrogen-bond acceptors (Lipinski definition) is 1. The summed E-state index contributed by atoms with van der Waals surface area (Å²) in [6, 6.07) is 0. The molecule has 0 bridgehead atoms. The van der Waals surface area contributed by atoms with Crippen molar-refractivity contribution in [1.29, 1.82) is 0 Å². The maximum absolute atomic E-state index is 10.1. The van der Waals surface area contributed by atoms with Gasteiger partial charge in [0.1, 0.15) is 0 Å². The highest BCUT2D eigenvalue weighted by atomic mass is 31.2. The predicted octanol–water partition coefficient (Wildman–Crippen LogP) is 7.17. The third-order valence-corrected chi connectivity index (χ3v) is 10.7. The third kappa shape index (κ3) is 19.2. The van der Waals surface area contributed by atoms with Crippen LogP contribution in [0.1, 0.15) is 98.8 Å². The molecule has 2 N–H and O–H groups in total. The van der Waals surface area contributed by atoms with Gasteiger partial charge < -0.3 is 9.79 Å². The molecule has 0 saturated carbocycles. The van der Waals surface area contributed by atoms with Gasteiger partial charge in [-0.1, -0.05) is 66.7 Å². The maximum atomic E-state index is 10.1. The van der Waals surface area contributed by atoms with Gasteiger partial charge in [0.2, 0.25) is 0 Å². The molecule has 0 aromatic rings. The van der Waals surface area contributed by atoms with Gasteiger partial charge in [0.05, 0.1) is 24.6 Å². The van der Waals surface area contributed by atoms with Crippen LogP contribution in [0.3, 0.4) is 0 Å². The zero-order valence-electron chi connectivity index (χ0n) is 17.8. The Morgan fingerprint density at radius 1 is 0.600 bits per heavy atom. The highest BCUT2D eigenvalue weighted by molar-refractivity contribution is 7.75. The maximum Gasteiger partial charge on any atom is 0.325 e. The SMILES string of the molecule is CCCCP(=O)(O)O.CCCC[P+](CCCC)(CCCC)CCCC. The quantitative estimate of drug-likeness (QED) is 0.288. The van der Waals surface area contributed by atoms with E-state index >= 15 is 0 Å². The molecule has 0 radical (unpaired) electrons. The topological polar surface area (TPSA) is 57.5 Å². The largest absolute Gasteiger partial charge is 0.325 e. The minimum Gasteiger partial charge on any atom is -0.324 e. The molecule has 5 heteroatoms. The molecule has 0 rings (SSSR count). The first-order valence-corrected chi connectivity index (χ1v) is 15.0. The highest BCUT2D eigenvalue weighted by Gasteiger charge is 2.34. The lowest BCUT2D eigenvalue weighted by atomic mass is 10.4. The van der Waals surface area contributed by atoms with Crippen molar-refractivity contribution in [3.05, 3.63) is 0 Å². The Balaban J connectivity index is 0. The smallest absolute Gasteiger partial charge is 0.324 e. The molecule has 0 atom stereocenters. The first kappa shape index (κ1) is 27.8. The van der Waals surface area contributed by atoms with E-state index in [1.165, 1.54) is 51.4 Å². The second-order valence-corrected chi connectivity index (χ2v) is 13.6. The molecule has 0 aliphatic rings. The fraction of sp³-hybridized carbons (Fsp3) is 1.00. The third-order valence-electron chi connectivity index (χ3n) is 4.75. The van der Waals surface area contributed by atoms with Crippen molar-refractivity contribution >= 4 is 14.9 Å². The summed E-state index contributed by atoms with van der Waals surface area (Å²) in [5.74, 6) is 0. The van der Waals surface area contributed by atoms with Crippen LogP contribution in [0.15, 0.2) is 0 Å². The Kier molecular flexibility index (Phi) is 20.0. The standard InChI is InChI=1S/C16H36P.C4H11O3P/c1-5-9-13-17(14-10-6-2,15-11-7-3)16-12-8-4;1-2-3-4-8(5,6)7/h5-16H2,1-4H3;2-4H2,1H3,(H2,5,6,7)/q+1;. The average Bonchev–Trinajstić information content (AvgIpc) is 2.58. The minimum atomic E-state index is -3.68. The summed E-state index contributed by atoms with van der Waals surface area (Å²) in [5, 5.41) is 0. The molecular formula is C20H47O3P2+. The molecule has 0 aromatic heterocycles. The Hall–Kier alpha value is 0.580. The van der Waals surface area contributed by atoms with E-state index < -0.39 is 14.9 Å². The van der Waals surface area contributed by atoms with Crippen LogP contribution < -0.4 is 0 Å². The summed E-state index contributed by atoms with van der Waals surface area (Å²) >= 11 is 0. The lowest BCUT2D eigenvalue weighted by Gasteiger charge is -2.28. The van der Waals surface area contributed by atoms with Crippen molar-refractivity contribution in [2.24, 2.45) is 0 Å². The van der Waals surface area contributed by atoms with Gasteiger partial charge in [-0.25, -0.2) is 0 Å². The van der Waals surface area contributed by atoms with Crippen LogP contribution >= 0.6 is 14.9 Å². The molecule has 3 nitrogen and oxygen atoms in total. The number of hydrogen-bond donors (Lipinski definition) is 2. The molecule has 0 aliphatic heterocycles. The predicted molar refractivity (Wildman–Crippen MR) is 118 cm³/mol. The molecule has 0 aromatic carbocycles. The average molecular weight is 398 g/mol. The zero-order chi connectivity index (χ0) is 19.6. The molecule has 154 valence electrons. The van der Waals surface area contributed by atoms with Gasteiger partial charge in [0, 0.05) is 13.4 Å². The molecule has 0 amide bonds. The summed E-state index contributed by atoms with van der Waals surface area (Å²) in [7, 11) is -4.24. The van der Waals surface area contributed by atoms with E-state index in [0.717, 1.165) is 6.42 Å². The first-order valence-electron chi connectivity index (χ1n) is 10.7. The fourth-order valence-electron chi connectivity index (χ4n) is 3.01. The van der Waals surface area contributed by atoms with Crippen LogP contribution in [0.2, 0.25) is 0 Å². The summed E-state index contributed by atoms with van der Waals surface area (Å²) in [6.07, 6.45) is 19.4. The normalized spacial score (nSPS) is 12.0. The fourth-order valence-corrected chi connectivity index (χ4v) is 9.03. The van der Waals surface area contributed by atoms with Gasteiger partial charge in [-0.15, -0.1) is 0 Å². The van der Waals surface area contributed by atoms with Gasteiger partial charge in [-0.05, 0) is 32.1 Å². The van der Waals surface area contributed by atoms with Gasteiger partial charge >= 0.3 is 7.60 Å². The van der Waals surface area contributed by atoms with E-state index in [1.54, 1.807) is 24.6 Å². The lowest BCUT2D eigenvalue weighted by molar-refractivity contribution is 0.371.